The van der Waals surface area contributed by atoms with Gasteiger partial charge in [-0.3, -0.25) is 0 Å². The summed E-state index contributed by atoms with van der Waals surface area (Å²) in [4.78, 5) is 0. The highest BCUT2D eigenvalue weighted by atomic mass is 32.2. The quantitative estimate of drug-likeness (QED) is 0.833. The minimum Gasteiger partial charge on any atom is -0.311 e. The summed E-state index contributed by atoms with van der Waals surface area (Å²) >= 11 is 2.04. The third-order valence-electron chi connectivity index (χ3n) is 4.57. The zero-order valence-electron chi connectivity index (χ0n) is 10.9. The number of hydrogen-bond donors (Lipinski definition) is 1. The third kappa shape index (κ3) is 3.17. The molecule has 0 spiro atoms. The van der Waals surface area contributed by atoms with Crippen LogP contribution in [0.15, 0.2) is 0 Å². The van der Waals surface area contributed by atoms with Crippen molar-refractivity contribution >= 4 is 11.8 Å². The van der Waals surface area contributed by atoms with Crippen molar-refractivity contribution in [1.29, 1.82) is 5.26 Å². The predicted molar refractivity (Wildman–Crippen MR) is 74.1 cm³/mol. The number of thioether (sulfide) groups is 1. The lowest BCUT2D eigenvalue weighted by Crippen LogP contribution is -2.44. The van der Waals surface area contributed by atoms with E-state index in [-0.39, 0.29) is 5.92 Å². The van der Waals surface area contributed by atoms with Crippen molar-refractivity contribution in [3.63, 3.8) is 0 Å². The molecule has 1 N–H and O–H groups in total. The van der Waals surface area contributed by atoms with E-state index in [4.69, 9.17) is 5.26 Å². The van der Waals surface area contributed by atoms with Crippen molar-refractivity contribution < 1.29 is 0 Å². The lowest BCUT2D eigenvalue weighted by Gasteiger charge is -2.37. The largest absolute Gasteiger partial charge is 0.311 e. The van der Waals surface area contributed by atoms with Crippen LogP contribution in [0.4, 0.5) is 0 Å². The van der Waals surface area contributed by atoms with E-state index >= 15 is 0 Å². The Hall–Kier alpha value is -0.200. The van der Waals surface area contributed by atoms with Gasteiger partial charge in [0.15, 0.2) is 0 Å². The normalized spacial score (nSPS) is 32.2. The Morgan fingerprint density at radius 3 is 2.65 bits per heavy atom. The average Bonchev–Trinajstić information content (AvgIpc) is 2.85. The van der Waals surface area contributed by atoms with Crippen LogP contribution in [0.5, 0.6) is 0 Å². The lowest BCUT2D eigenvalue weighted by molar-refractivity contribution is 0.351. The molecule has 17 heavy (non-hydrogen) atoms. The molecule has 0 amide bonds. The van der Waals surface area contributed by atoms with E-state index in [1.807, 2.05) is 11.8 Å². The van der Waals surface area contributed by atoms with Crippen LogP contribution in [-0.2, 0) is 0 Å². The standard InChI is InChI=1S/C14H24N2S/c1-17-14(8-3-2-4-9-14)11-16-13-7-5-6-12(13)10-15/h12-13,16H,2-9,11H2,1H3. The summed E-state index contributed by atoms with van der Waals surface area (Å²) in [6.45, 7) is 1.11. The molecule has 0 aromatic carbocycles. The van der Waals surface area contributed by atoms with E-state index < -0.39 is 0 Å². The first-order valence-electron chi connectivity index (χ1n) is 6.98. The first-order chi connectivity index (χ1) is 8.29. The van der Waals surface area contributed by atoms with Gasteiger partial charge in [0.05, 0.1) is 12.0 Å². The van der Waals surface area contributed by atoms with Crippen LogP contribution in [0.3, 0.4) is 0 Å². The van der Waals surface area contributed by atoms with E-state index in [9.17, 15) is 0 Å². The molecule has 2 aliphatic carbocycles. The smallest absolute Gasteiger partial charge is 0.0672 e. The van der Waals surface area contributed by atoms with Crippen LogP contribution in [-0.4, -0.2) is 23.6 Å². The summed E-state index contributed by atoms with van der Waals surface area (Å²) in [7, 11) is 0. The molecule has 3 heteroatoms. The molecule has 2 rings (SSSR count). The molecule has 2 nitrogen and oxygen atoms in total. The topological polar surface area (TPSA) is 35.8 Å². The molecule has 96 valence electrons. The summed E-state index contributed by atoms with van der Waals surface area (Å²) in [6, 6.07) is 2.93. The maximum atomic E-state index is 9.10. The molecular weight excluding hydrogens is 228 g/mol. The minimum absolute atomic E-state index is 0.262. The summed E-state index contributed by atoms with van der Waals surface area (Å²) in [5.41, 5.74) is 0. The molecule has 0 saturated heterocycles. The molecule has 2 unspecified atom stereocenters. The Labute approximate surface area is 110 Å². The molecule has 0 aromatic rings. The van der Waals surface area contributed by atoms with Crippen molar-refractivity contribution in [1.82, 2.24) is 5.32 Å². The van der Waals surface area contributed by atoms with Gasteiger partial charge in [0.1, 0.15) is 0 Å². The monoisotopic (exact) mass is 252 g/mol. The molecular formula is C14H24N2S. The van der Waals surface area contributed by atoms with Crippen molar-refractivity contribution in [3.8, 4) is 6.07 Å². The lowest BCUT2D eigenvalue weighted by atomic mass is 9.88. The number of rotatable bonds is 4. The summed E-state index contributed by atoms with van der Waals surface area (Å²) < 4.78 is 0.459. The van der Waals surface area contributed by atoms with E-state index in [0.717, 1.165) is 13.0 Å². The van der Waals surface area contributed by atoms with Crippen molar-refractivity contribution in [2.45, 2.75) is 62.2 Å². The van der Waals surface area contributed by atoms with Gasteiger partial charge in [-0.2, -0.15) is 17.0 Å². The highest BCUT2D eigenvalue weighted by molar-refractivity contribution is 8.00. The van der Waals surface area contributed by atoms with Gasteiger partial charge in [-0.1, -0.05) is 25.7 Å². The molecule has 2 aliphatic rings. The summed E-state index contributed by atoms with van der Waals surface area (Å²) in [5.74, 6) is 0.262. The Morgan fingerprint density at radius 1 is 1.24 bits per heavy atom. The zero-order valence-corrected chi connectivity index (χ0v) is 11.7. The summed E-state index contributed by atoms with van der Waals surface area (Å²) in [5, 5.41) is 12.8. The minimum atomic E-state index is 0.262. The van der Waals surface area contributed by atoms with Crippen molar-refractivity contribution in [2.24, 2.45) is 5.92 Å². The number of nitriles is 1. The van der Waals surface area contributed by atoms with E-state index in [1.165, 1.54) is 44.9 Å². The average molecular weight is 252 g/mol. The molecule has 0 aromatic heterocycles. The number of nitrogens with one attached hydrogen (secondary N) is 1. The first-order valence-corrected chi connectivity index (χ1v) is 8.20. The first kappa shape index (κ1) is 13.2. The second-order valence-corrected chi connectivity index (χ2v) is 6.88. The molecule has 2 saturated carbocycles. The van der Waals surface area contributed by atoms with Crippen LogP contribution in [0.25, 0.3) is 0 Å². The Kier molecular flexibility index (Phi) is 4.76. The predicted octanol–water partition coefficient (Wildman–Crippen LogP) is 3.33. The van der Waals surface area contributed by atoms with E-state index in [1.54, 1.807) is 0 Å². The maximum absolute atomic E-state index is 9.10. The van der Waals surface area contributed by atoms with Crippen LogP contribution in [0.2, 0.25) is 0 Å². The fourth-order valence-electron chi connectivity index (χ4n) is 3.33. The fourth-order valence-corrected chi connectivity index (χ4v) is 4.25. The van der Waals surface area contributed by atoms with Gasteiger partial charge in [-0.25, -0.2) is 0 Å². The van der Waals surface area contributed by atoms with Crippen molar-refractivity contribution in [2.75, 3.05) is 12.8 Å². The summed E-state index contributed by atoms with van der Waals surface area (Å²) in [6.07, 6.45) is 12.7. The van der Waals surface area contributed by atoms with Gasteiger partial charge >= 0.3 is 0 Å². The van der Waals surface area contributed by atoms with Crippen LogP contribution in [0.1, 0.15) is 51.4 Å². The molecule has 2 fully saturated rings. The van der Waals surface area contributed by atoms with Crippen LogP contribution < -0.4 is 5.32 Å². The molecule has 0 bridgehead atoms. The highest BCUT2D eigenvalue weighted by Gasteiger charge is 2.34. The molecule has 2 atom stereocenters. The van der Waals surface area contributed by atoms with Crippen molar-refractivity contribution in [3.05, 3.63) is 0 Å². The van der Waals surface area contributed by atoms with Gasteiger partial charge in [0.25, 0.3) is 0 Å². The zero-order chi connectivity index (χ0) is 12.1. The van der Waals surface area contributed by atoms with E-state index in [2.05, 4.69) is 17.6 Å². The molecule has 0 heterocycles. The maximum Gasteiger partial charge on any atom is 0.0672 e. The Morgan fingerprint density at radius 2 is 2.00 bits per heavy atom. The van der Waals surface area contributed by atoms with E-state index in [0.29, 0.717) is 10.8 Å². The Balaban J connectivity index is 1.85. The second kappa shape index (κ2) is 6.11. The molecule has 0 radical (unpaired) electrons. The highest BCUT2D eigenvalue weighted by Crippen LogP contribution is 2.38. The number of hydrogen-bond acceptors (Lipinski definition) is 3. The molecule has 0 aliphatic heterocycles. The third-order valence-corrected chi connectivity index (χ3v) is 5.98. The van der Waals surface area contributed by atoms with Gasteiger partial charge in [0.2, 0.25) is 0 Å². The number of nitrogens with zero attached hydrogens (tertiary/aromatic N) is 1. The van der Waals surface area contributed by atoms with Gasteiger partial charge in [-0.15, -0.1) is 0 Å². The van der Waals surface area contributed by atoms with Gasteiger partial charge in [0, 0.05) is 17.3 Å². The SMILES string of the molecule is CSC1(CNC2CCCC2C#N)CCCCC1. The van der Waals surface area contributed by atoms with Crippen LogP contribution in [0, 0.1) is 17.2 Å². The second-order valence-electron chi connectivity index (χ2n) is 5.60. The van der Waals surface area contributed by atoms with Gasteiger partial charge in [-0.05, 0) is 31.9 Å². The Bertz CT molecular complexity index is 278. The fraction of sp³-hybridized carbons (Fsp3) is 0.929. The van der Waals surface area contributed by atoms with Gasteiger partial charge < -0.3 is 5.32 Å². The van der Waals surface area contributed by atoms with Crippen LogP contribution >= 0.6 is 11.8 Å².